The molecule has 0 aliphatic rings. The van der Waals surface area contributed by atoms with Gasteiger partial charge in [-0.25, -0.2) is 16.8 Å². The molecule has 0 aliphatic heterocycles. The highest BCUT2D eigenvalue weighted by Gasteiger charge is 2.28. The van der Waals surface area contributed by atoms with Gasteiger partial charge in [-0.15, -0.1) is 0 Å². The Bertz CT molecular complexity index is 737. The third-order valence-electron chi connectivity index (χ3n) is 3.15. The summed E-state index contributed by atoms with van der Waals surface area (Å²) in [6, 6.07) is 5.18. The molecule has 11 heteroatoms. The standard InChI is InChI=1S/C14H22ClNO7S2/c1-16(7-8-22-11-12-23-10-9-21-2)25(19,20)14-6-4-3-5-13(14)24(15,17)18/h3-6H,7-12H2,1-2H3. The minimum atomic E-state index is -4.18. The van der Waals surface area contributed by atoms with Crippen molar-refractivity contribution >= 4 is 29.8 Å². The van der Waals surface area contributed by atoms with Crippen LogP contribution >= 0.6 is 10.7 Å². The number of rotatable bonds is 12. The summed E-state index contributed by atoms with van der Waals surface area (Å²) in [6.07, 6.45) is 0. The lowest BCUT2D eigenvalue weighted by Gasteiger charge is -2.18. The molecular formula is C14H22ClNO7S2. The summed E-state index contributed by atoms with van der Waals surface area (Å²) >= 11 is 0. The van der Waals surface area contributed by atoms with Gasteiger partial charge in [0.05, 0.1) is 33.0 Å². The molecule has 0 fully saturated rings. The van der Waals surface area contributed by atoms with Crippen LogP contribution in [0.1, 0.15) is 0 Å². The summed E-state index contributed by atoms with van der Waals surface area (Å²) in [5, 5.41) is 0. The van der Waals surface area contributed by atoms with E-state index in [2.05, 4.69) is 0 Å². The lowest BCUT2D eigenvalue weighted by atomic mass is 10.4. The Labute approximate surface area is 153 Å². The molecular weight excluding hydrogens is 394 g/mol. The lowest BCUT2D eigenvalue weighted by Crippen LogP contribution is -2.31. The van der Waals surface area contributed by atoms with E-state index in [0.29, 0.717) is 26.4 Å². The highest BCUT2D eigenvalue weighted by atomic mass is 35.7. The maximum atomic E-state index is 12.5. The molecule has 1 aromatic rings. The van der Waals surface area contributed by atoms with E-state index in [9.17, 15) is 16.8 Å². The number of benzene rings is 1. The second-order valence-corrected chi connectivity index (χ2v) is 9.48. The van der Waals surface area contributed by atoms with Crippen molar-refractivity contribution in [2.24, 2.45) is 0 Å². The zero-order chi connectivity index (χ0) is 18.9. The molecule has 0 unspecified atom stereocenters. The van der Waals surface area contributed by atoms with Crippen LogP contribution in [0.15, 0.2) is 34.1 Å². The molecule has 0 radical (unpaired) electrons. The second kappa shape index (κ2) is 10.4. The Kier molecular flexibility index (Phi) is 9.28. The summed E-state index contributed by atoms with van der Waals surface area (Å²) in [4.78, 5) is -0.814. The minimum absolute atomic E-state index is 0.0527. The molecule has 25 heavy (non-hydrogen) atoms. The largest absolute Gasteiger partial charge is 0.382 e. The van der Waals surface area contributed by atoms with Crippen LogP contribution in [0.5, 0.6) is 0 Å². The number of hydrogen-bond donors (Lipinski definition) is 0. The molecule has 0 saturated carbocycles. The van der Waals surface area contributed by atoms with Crippen molar-refractivity contribution < 1.29 is 31.0 Å². The van der Waals surface area contributed by atoms with Crippen molar-refractivity contribution in [3.05, 3.63) is 24.3 Å². The molecule has 0 atom stereocenters. The normalized spacial score (nSPS) is 12.6. The molecule has 0 bridgehead atoms. The summed E-state index contributed by atoms with van der Waals surface area (Å²) < 4.78 is 64.6. The van der Waals surface area contributed by atoms with Crippen molar-refractivity contribution in [1.82, 2.24) is 4.31 Å². The molecule has 0 aromatic heterocycles. The first-order valence-corrected chi connectivity index (χ1v) is 11.1. The van der Waals surface area contributed by atoms with E-state index in [1.54, 1.807) is 7.11 Å². The van der Waals surface area contributed by atoms with E-state index in [-0.39, 0.29) is 18.0 Å². The third-order valence-corrected chi connectivity index (χ3v) is 6.58. The zero-order valence-electron chi connectivity index (χ0n) is 14.1. The smallest absolute Gasteiger partial charge is 0.262 e. The number of hydrogen-bond acceptors (Lipinski definition) is 7. The van der Waals surface area contributed by atoms with E-state index in [1.165, 1.54) is 25.2 Å². The Hall–Kier alpha value is -0.750. The number of nitrogens with zero attached hydrogens (tertiary/aromatic N) is 1. The van der Waals surface area contributed by atoms with Gasteiger partial charge in [-0.2, -0.15) is 4.31 Å². The van der Waals surface area contributed by atoms with Crippen LogP contribution in [0.4, 0.5) is 0 Å². The highest BCUT2D eigenvalue weighted by Crippen LogP contribution is 2.25. The van der Waals surface area contributed by atoms with Gasteiger partial charge in [0.25, 0.3) is 9.05 Å². The number of ether oxygens (including phenoxy) is 3. The molecule has 0 aliphatic carbocycles. The summed E-state index contributed by atoms with van der Waals surface area (Å²) in [7, 11) is 0.0282. The number of sulfonamides is 1. The SMILES string of the molecule is COCCOCCOCCN(C)S(=O)(=O)c1ccccc1S(=O)(=O)Cl. The summed E-state index contributed by atoms with van der Waals surface area (Å²) in [5.41, 5.74) is 0. The molecule has 8 nitrogen and oxygen atoms in total. The summed E-state index contributed by atoms with van der Waals surface area (Å²) in [6.45, 7) is 1.81. The molecule has 0 spiro atoms. The molecule has 0 saturated heterocycles. The maximum Gasteiger partial charge on any atom is 0.262 e. The van der Waals surface area contributed by atoms with Crippen molar-refractivity contribution in [3.8, 4) is 0 Å². The fourth-order valence-electron chi connectivity index (χ4n) is 1.81. The van der Waals surface area contributed by atoms with E-state index in [4.69, 9.17) is 24.9 Å². The van der Waals surface area contributed by atoms with Crippen molar-refractivity contribution in [3.63, 3.8) is 0 Å². The average molecular weight is 416 g/mol. The maximum absolute atomic E-state index is 12.5. The molecule has 144 valence electrons. The Morgan fingerprint density at radius 2 is 1.44 bits per heavy atom. The Morgan fingerprint density at radius 1 is 0.920 bits per heavy atom. The average Bonchev–Trinajstić information content (AvgIpc) is 2.56. The van der Waals surface area contributed by atoms with Crippen LogP contribution in [0, 0.1) is 0 Å². The van der Waals surface area contributed by atoms with Crippen LogP contribution < -0.4 is 0 Å². The lowest BCUT2D eigenvalue weighted by molar-refractivity contribution is 0.0236. The predicted molar refractivity (Wildman–Crippen MR) is 92.8 cm³/mol. The van der Waals surface area contributed by atoms with E-state index in [1.807, 2.05) is 0 Å². The van der Waals surface area contributed by atoms with Gasteiger partial charge in [0.2, 0.25) is 10.0 Å². The first-order chi connectivity index (χ1) is 11.7. The number of likely N-dealkylation sites (N-methyl/N-ethyl adjacent to an activating group) is 1. The van der Waals surface area contributed by atoms with Gasteiger partial charge in [0, 0.05) is 31.4 Å². The molecule has 0 amide bonds. The molecule has 0 heterocycles. The van der Waals surface area contributed by atoms with Gasteiger partial charge in [-0.05, 0) is 12.1 Å². The zero-order valence-corrected chi connectivity index (χ0v) is 16.4. The minimum Gasteiger partial charge on any atom is -0.382 e. The van der Waals surface area contributed by atoms with Crippen LogP contribution in [0.25, 0.3) is 0 Å². The van der Waals surface area contributed by atoms with Crippen LogP contribution in [0.3, 0.4) is 0 Å². The molecule has 1 rings (SSSR count). The van der Waals surface area contributed by atoms with Crippen molar-refractivity contribution in [2.75, 3.05) is 53.7 Å². The molecule has 1 aromatic carbocycles. The van der Waals surface area contributed by atoms with E-state index >= 15 is 0 Å². The van der Waals surface area contributed by atoms with Crippen LogP contribution in [-0.4, -0.2) is 74.9 Å². The topological polar surface area (TPSA) is 99.2 Å². The van der Waals surface area contributed by atoms with Gasteiger partial charge < -0.3 is 14.2 Å². The number of halogens is 1. The summed E-state index contributed by atoms with van der Waals surface area (Å²) in [5.74, 6) is 0. The molecule has 0 N–H and O–H groups in total. The number of methoxy groups -OCH3 is 1. The van der Waals surface area contributed by atoms with Crippen LogP contribution in [-0.2, 0) is 33.3 Å². The first-order valence-electron chi connectivity index (χ1n) is 7.35. The third kappa shape index (κ3) is 7.18. The van der Waals surface area contributed by atoms with Gasteiger partial charge >= 0.3 is 0 Å². The quantitative estimate of drug-likeness (QED) is 0.369. The first kappa shape index (κ1) is 22.3. The van der Waals surface area contributed by atoms with Crippen molar-refractivity contribution in [2.45, 2.75) is 9.79 Å². The van der Waals surface area contributed by atoms with E-state index in [0.717, 1.165) is 10.4 Å². The van der Waals surface area contributed by atoms with Crippen molar-refractivity contribution in [1.29, 1.82) is 0 Å². The van der Waals surface area contributed by atoms with Gasteiger partial charge in [-0.1, -0.05) is 12.1 Å². The monoisotopic (exact) mass is 415 g/mol. The Balaban J connectivity index is 2.60. The highest BCUT2D eigenvalue weighted by molar-refractivity contribution is 8.14. The fraction of sp³-hybridized carbons (Fsp3) is 0.571. The van der Waals surface area contributed by atoms with E-state index < -0.39 is 24.0 Å². The Morgan fingerprint density at radius 3 is 2.00 bits per heavy atom. The van der Waals surface area contributed by atoms with Gasteiger partial charge in [0.1, 0.15) is 9.79 Å². The predicted octanol–water partition coefficient (Wildman–Crippen LogP) is 0.914. The van der Waals surface area contributed by atoms with Gasteiger partial charge in [0.15, 0.2) is 0 Å². The van der Waals surface area contributed by atoms with Crippen LogP contribution in [0.2, 0.25) is 0 Å². The van der Waals surface area contributed by atoms with Gasteiger partial charge in [-0.3, -0.25) is 0 Å². The second-order valence-electron chi connectivity index (χ2n) is 4.93. The fourth-order valence-corrected chi connectivity index (χ4v) is 4.77.